The van der Waals surface area contributed by atoms with Crippen molar-refractivity contribution in [2.45, 2.75) is 44.2 Å². The molecule has 1 fully saturated rings. The van der Waals surface area contributed by atoms with Crippen LogP contribution < -0.4 is 16.0 Å². The van der Waals surface area contributed by atoms with Crippen LogP contribution in [0.4, 0.5) is 5.82 Å². The summed E-state index contributed by atoms with van der Waals surface area (Å²) in [7, 11) is 0. The van der Waals surface area contributed by atoms with Gasteiger partial charge in [0.05, 0.1) is 5.75 Å². The minimum absolute atomic E-state index is 0.0498. The van der Waals surface area contributed by atoms with Crippen molar-refractivity contribution in [3.8, 4) is 12.1 Å². The van der Waals surface area contributed by atoms with Crippen LogP contribution in [0.15, 0.2) is 11.1 Å². The van der Waals surface area contributed by atoms with Gasteiger partial charge in [-0.15, -0.1) is 0 Å². The van der Waals surface area contributed by atoms with Crippen molar-refractivity contribution in [2.24, 2.45) is 11.8 Å². The molecule has 1 aromatic heterocycles. The lowest BCUT2D eigenvalue weighted by Gasteiger charge is -2.34. The standard InChI is InChI=1S/C17H21N5OS/c1-10-4-3-5-14(11(10)2)21-15(23)9-24-17-13(8-19)6-12(7-18)16(20)22-17/h6,10-11,14H,3-5,9H2,1-2H3,(H2,20,22)(H,21,23)/p+1/t10-,11-,14-/m1/s1. The van der Waals surface area contributed by atoms with E-state index >= 15 is 0 Å². The lowest BCUT2D eigenvalue weighted by atomic mass is 9.78. The average molecular weight is 344 g/mol. The lowest BCUT2D eigenvalue weighted by Crippen LogP contribution is -2.44. The van der Waals surface area contributed by atoms with E-state index in [1.54, 1.807) is 0 Å². The van der Waals surface area contributed by atoms with Gasteiger partial charge in [-0.2, -0.15) is 10.5 Å². The molecule has 1 aliphatic carbocycles. The summed E-state index contributed by atoms with van der Waals surface area (Å²) in [6.45, 7) is 4.41. The maximum atomic E-state index is 12.2. The van der Waals surface area contributed by atoms with Crippen molar-refractivity contribution in [2.75, 3.05) is 11.5 Å². The van der Waals surface area contributed by atoms with Gasteiger partial charge in [0.2, 0.25) is 5.91 Å². The third-order valence-corrected chi connectivity index (χ3v) is 5.73. The predicted molar refractivity (Wildman–Crippen MR) is 91.7 cm³/mol. The minimum atomic E-state index is -0.0498. The summed E-state index contributed by atoms with van der Waals surface area (Å²) in [5, 5.41) is 21.7. The van der Waals surface area contributed by atoms with Crippen LogP contribution in [-0.4, -0.2) is 17.7 Å². The Balaban J connectivity index is 1.98. The number of nitrogens with zero attached hydrogens (tertiary/aromatic N) is 2. The third-order valence-electron chi connectivity index (χ3n) is 4.71. The number of nitrogen functional groups attached to an aromatic ring is 1. The summed E-state index contributed by atoms with van der Waals surface area (Å²) >= 11 is 1.22. The smallest absolute Gasteiger partial charge is 0.289 e. The van der Waals surface area contributed by atoms with Crippen molar-refractivity contribution in [1.29, 1.82) is 10.5 Å². The highest BCUT2D eigenvalue weighted by Crippen LogP contribution is 2.29. The van der Waals surface area contributed by atoms with Crippen LogP contribution in [0.1, 0.15) is 44.2 Å². The quantitative estimate of drug-likeness (QED) is 0.809. The van der Waals surface area contributed by atoms with E-state index in [0.29, 0.717) is 22.4 Å². The Hall–Kier alpha value is -2.25. The van der Waals surface area contributed by atoms with E-state index < -0.39 is 0 Å². The number of hydrogen-bond acceptors (Lipinski definition) is 5. The molecule has 1 saturated carbocycles. The van der Waals surface area contributed by atoms with Crippen molar-refractivity contribution in [3.05, 3.63) is 17.2 Å². The first-order valence-electron chi connectivity index (χ1n) is 8.04. The maximum Gasteiger partial charge on any atom is 0.289 e. The van der Waals surface area contributed by atoms with Gasteiger partial charge >= 0.3 is 0 Å². The van der Waals surface area contributed by atoms with E-state index in [1.807, 2.05) is 12.1 Å². The summed E-state index contributed by atoms with van der Waals surface area (Å²) < 4.78 is 0. The highest BCUT2D eigenvalue weighted by Gasteiger charge is 2.28. The number of rotatable bonds is 4. The molecule has 2 rings (SSSR count). The average Bonchev–Trinajstić information content (AvgIpc) is 2.57. The maximum absolute atomic E-state index is 12.2. The van der Waals surface area contributed by atoms with Gasteiger partial charge in [-0.05, 0) is 24.3 Å². The zero-order valence-corrected chi connectivity index (χ0v) is 14.7. The Morgan fingerprint density at radius 1 is 1.38 bits per heavy atom. The molecular formula is C17H22N5OS+. The number of thioether (sulfide) groups is 1. The number of nitriles is 2. The summed E-state index contributed by atoms with van der Waals surface area (Å²) in [4.78, 5) is 15.1. The molecule has 0 radical (unpaired) electrons. The fourth-order valence-corrected chi connectivity index (χ4v) is 3.81. The van der Waals surface area contributed by atoms with Crippen LogP contribution in [0.5, 0.6) is 0 Å². The number of aromatic nitrogens is 1. The molecule has 0 spiro atoms. The second-order valence-electron chi connectivity index (χ2n) is 6.29. The third kappa shape index (κ3) is 4.18. The van der Waals surface area contributed by atoms with Gasteiger partial charge in [-0.25, -0.2) is 4.98 Å². The van der Waals surface area contributed by atoms with Crippen molar-refractivity contribution in [1.82, 2.24) is 5.32 Å². The summed E-state index contributed by atoms with van der Waals surface area (Å²) in [5.41, 5.74) is 6.29. The highest BCUT2D eigenvalue weighted by atomic mass is 32.2. The lowest BCUT2D eigenvalue weighted by molar-refractivity contribution is -0.410. The largest absolute Gasteiger partial charge is 0.352 e. The van der Waals surface area contributed by atoms with Crippen LogP contribution in [0.25, 0.3) is 0 Å². The molecule has 0 bridgehead atoms. The molecule has 1 amide bonds. The minimum Gasteiger partial charge on any atom is -0.352 e. The zero-order valence-electron chi connectivity index (χ0n) is 13.9. The van der Waals surface area contributed by atoms with Gasteiger partial charge in [0, 0.05) is 6.04 Å². The van der Waals surface area contributed by atoms with Crippen molar-refractivity contribution in [3.63, 3.8) is 0 Å². The fourth-order valence-electron chi connectivity index (χ4n) is 3.01. The number of H-pyrrole nitrogens is 1. The first-order chi connectivity index (χ1) is 11.5. The first-order valence-corrected chi connectivity index (χ1v) is 9.03. The van der Waals surface area contributed by atoms with E-state index in [4.69, 9.17) is 11.0 Å². The number of amides is 1. The second kappa shape index (κ2) is 8.03. The van der Waals surface area contributed by atoms with Crippen molar-refractivity contribution >= 4 is 23.5 Å². The molecule has 1 aliphatic rings. The molecule has 24 heavy (non-hydrogen) atoms. The molecule has 126 valence electrons. The number of aromatic amines is 1. The second-order valence-corrected chi connectivity index (χ2v) is 7.28. The Labute approximate surface area is 146 Å². The molecule has 0 unspecified atom stereocenters. The van der Waals surface area contributed by atoms with Gasteiger partial charge in [0.15, 0.2) is 5.03 Å². The van der Waals surface area contributed by atoms with E-state index in [-0.39, 0.29) is 29.1 Å². The van der Waals surface area contributed by atoms with E-state index in [9.17, 15) is 10.1 Å². The number of nitrogens with two attached hydrogens (primary N) is 1. The number of anilines is 1. The van der Waals surface area contributed by atoms with Gasteiger partial charge in [0.25, 0.3) is 5.82 Å². The first kappa shape index (κ1) is 18.1. The van der Waals surface area contributed by atoms with Crippen LogP contribution >= 0.6 is 11.8 Å². The molecule has 0 aromatic carbocycles. The molecule has 1 heterocycles. The Morgan fingerprint density at radius 2 is 2.08 bits per heavy atom. The molecule has 1 aromatic rings. The Kier molecular flexibility index (Phi) is 6.05. The van der Waals surface area contributed by atoms with E-state index in [1.165, 1.54) is 24.2 Å². The van der Waals surface area contributed by atoms with Crippen LogP contribution in [0.2, 0.25) is 0 Å². The van der Waals surface area contributed by atoms with Crippen LogP contribution in [-0.2, 0) is 4.79 Å². The number of nitrogens with one attached hydrogen (secondary N) is 2. The molecule has 4 N–H and O–H groups in total. The van der Waals surface area contributed by atoms with Crippen LogP contribution in [0.3, 0.4) is 0 Å². The predicted octanol–water partition coefficient (Wildman–Crippen LogP) is 1.86. The molecule has 3 atom stereocenters. The van der Waals surface area contributed by atoms with E-state index in [0.717, 1.165) is 12.8 Å². The van der Waals surface area contributed by atoms with Crippen LogP contribution in [0, 0.1) is 34.5 Å². The normalized spacial score (nSPS) is 23.1. The molecule has 6 nitrogen and oxygen atoms in total. The number of carbonyl (C=O) groups is 1. The van der Waals surface area contributed by atoms with Gasteiger partial charge in [-0.3, -0.25) is 10.5 Å². The fraction of sp³-hybridized carbons (Fsp3) is 0.529. The zero-order chi connectivity index (χ0) is 17.7. The summed E-state index contributed by atoms with van der Waals surface area (Å²) in [6, 6.07) is 5.61. The number of pyridine rings is 1. The van der Waals surface area contributed by atoms with Gasteiger partial charge in [0.1, 0.15) is 23.3 Å². The van der Waals surface area contributed by atoms with Gasteiger partial charge < -0.3 is 5.32 Å². The highest BCUT2D eigenvalue weighted by molar-refractivity contribution is 7.99. The molecule has 0 saturated heterocycles. The Morgan fingerprint density at radius 3 is 2.75 bits per heavy atom. The van der Waals surface area contributed by atoms with Crippen molar-refractivity contribution < 1.29 is 9.78 Å². The monoisotopic (exact) mass is 344 g/mol. The summed E-state index contributed by atoms with van der Waals surface area (Å²) in [5.74, 6) is 1.45. The molecular weight excluding hydrogens is 322 g/mol. The topological polar surface area (TPSA) is 117 Å². The number of hydrogen-bond donors (Lipinski definition) is 2. The SMILES string of the molecule is C[C@@H]1[C@H](C)CCC[C@H]1NC(=O)CSc1[nH+]c(N)c(C#N)cc1C#N. The summed E-state index contributed by atoms with van der Waals surface area (Å²) in [6.07, 6.45) is 3.37. The number of carbonyl (C=O) groups excluding carboxylic acids is 1. The Bertz CT molecular complexity index is 706. The molecule has 7 heteroatoms. The molecule has 0 aliphatic heterocycles. The van der Waals surface area contributed by atoms with E-state index in [2.05, 4.69) is 24.1 Å². The van der Waals surface area contributed by atoms with Gasteiger partial charge in [-0.1, -0.05) is 38.5 Å².